The van der Waals surface area contributed by atoms with Crippen molar-refractivity contribution in [2.45, 2.75) is 25.7 Å². The van der Waals surface area contributed by atoms with Gasteiger partial charge in [-0.2, -0.15) is 5.10 Å². The zero-order valence-electron chi connectivity index (χ0n) is 11.7. The fourth-order valence-electron chi connectivity index (χ4n) is 2.47. The summed E-state index contributed by atoms with van der Waals surface area (Å²) in [6.45, 7) is 0. The molecule has 0 atom stereocenters. The van der Waals surface area contributed by atoms with Gasteiger partial charge in [-0.05, 0) is 36.5 Å². The number of amides is 2. The SMILES string of the molecule is CNC(=O)N/N=C1\C=C(C2=C(Br)C2)C(=O)C(C2CCC2)=C1. The molecule has 110 valence electrons. The number of nitrogens with zero attached hydrogens (tertiary/aromatic N) is 1. The first-order valence-corrected chi connectivity index (χ1v) is 7.80. The van der Waals surface area contributed by atoms with E-state index in [-0.39, 0.29) is 11.8 Å². The van der Waals surface area contributed by atoms with Gasteiger partial charge in [0, 0.05) is 29.1 Å². The van der Waals surface area contributed by atoms with Crippen LogP contribution >= 0.6 is 15.9 Å². The molecule has 2 amide bonds. The van der Waals surface area contributed by atoms with Crippen LogP contribution in [0.4, 0.5) is 4.79 Å². The number of halogens is 1. The van der Waals surface area contributed by atoms with Crippen molar-refractivity contribution in [2.75, 3.05) is 7.05 Å². The molecule has 21 heavy (non-hydrogen) atoms. The van der Waals surface area contributed by atoms with E-state index in [0.717, 1.165) is 34.9 Å². The maximum absolute atomic E-state index is 12.6. The van der Waals surface area contributed by atoms with E-state index in [1.165, 1.54) is 13.5 Å². The van der Waals surface area contributed by atoms with Crippen LogP contribution in [0.3, 0.4) is 0 Å². The quantitative estimate of drug-likeness (QED) is 0.607. The smallest absolute Gasteiger partial charge is 0.334 e. The predicted octanol–water partition coefficient (Wildman–Crippen LogP) is 2.56. The Morgan fingerprint density at radius 1 is 1.38 bits per heavy atom. The molecule has 0 saturated heterocycles. The second-order valence-electron chi connectivity index (χ2n) is 5.40. The first kappa shape index (κ1) is 14.3. The van der Waals surface area contributed by atoms with Crippen molar-refractivity contribution in [3.8, 4) is 0 Å². The predicted molar refractivity (Wildman–Crippen MR) is 84.1 cm³/mol. The Morgan fingerprint density at radius 3 is 2.62 bits per heavy atom. The highest BCUT2D eigenvalue weighted by atomic mass is 79.9. The summed E-state index contributed by atoms with van der Waals surface area (Å²) in [5, 5.41) is 6.52. The van der Waals surface area contributed by atoms with Crippen LogP contribution in [0.5, 0.6) is 0 Å². The maximum Gasteiger partial charge on any atom is 0.334 e. The average molecular weight is 350 g/mol. The zero-order chi connectivity index (χ0) is 15.0. The molecule has 0 heterocycles. The van der Waals surface area contributed by atoms with Crippen LogP contribution in [0.2, 0.25) is 0 Å². The number of ketones is 1. The molecule has 0 aliphatic heterocycles. The summed E-state index contributed by atoms with van der Waals surface area (Å²) in [5.74, 6) is 0.451. The summed E-state index contributed by atoms with van der Waals surface area (Å²) in [7, 11) is 1.53. The van der Waals surface area contributed by atoms with Crippen LogP contribution in [-0.2, 0) is 4.79 Å². The van der Waals surface area contributed by atoms with E-state index in [4.69, 9.17) is 0 Å². The van der Waals surface area contributed by atoms with Gasteiger partial charge in [-0.25, -0.2) is 10.2 Å². The number of hydrazone groups is 1. The largest absolute Gasteiger partial charge is 0.340 e. The molecule has 0 aromatic rings. The normalized spacial score (nSPS) is 23.5. The summed E-state index contributed by atoms with van der Waals surface area (Å²) in [5.41, 5.74) is 5.63. The third kappa shape index (κ3) is 2.85. The lowest BCUT2D eigenvalue weighted by Crippen LogP contribution is -2.30. The number of Topliss-reactive ketones (excluding diaryl/α,β-unsaturated/α-hetero) is 1. The minimum absolute atomic E-state index is 0.114. The summed E-state index contributed by atoms with van der Waals surface area (Å²) >= 11 is 3.44. The molecular formula is C15H16BrN3O2. The molecule has 0 aromatic carbocycles. The molecule has 1 fully saturated rings. The number of hydrogen-bond donors (Lipinski definition) is 2. The van der Waals surface area contributed by atoms with Crippen molar-refractivity contribution >= 4 is 33.5 Å². The molecule has 0 radical (unpaired) electrons. The number of hydrogen-bond acceptors (Lipinski definition) is 3. The van der Waals surface area contributed by atoms with E-state index < -0.39 is 0 Å². The number of nitrogens with one attached hydrogen (secondary N) is 2. The molecule has 2 N–H and O–H groups in total. The topological polar surface area (TPSA) is 70.6 Å². The van der Waals surface area contributed by atoms with E-state index in [9.17, 15) is 9.59 Å². The van der Waals surface area contributed by atoms with Gasteiger partial charge in [0.05, 0.1) is 5.71 Å². The first-order chi connectivity index (χ1) is 10.1. The lowest BCUT2D eigenvalue weighted by molar-refractivity contribution is -0.112. The molecule has 3 aliphatic carbocycles. The molecule has 0 unspecified atom stereocenters. The first-order valence-electron chi connectivity index (χ1n) is 7.01. The van der Waals surface area contributed by atoms with E-state index in [2.05, 4.69) is 31.8 Å². The number of carbonyl (C=O) groups excluding carboxylic acids is 2. The standard InChI is InChI=1S/C15H16BrN3O2/c1-17-15(21)19-18-9-5-10(8-3-2-4-8)14(20)12(6-9)11-7-13(11)16/h5-6,8H,2-4,7H2,1H3,(H2,17,19,21)/b18-9-. The Kier molecular flexibility index (Phi) is 3.80. The van der Waals surface area contributed by atoms with Gasteiger partial charge in [0.15, 0.2) is 5.78 Å². The Hall–Kier alpha value is -1.69. The van der Waals surface area contributed by atoms with Crippen LogP contribution in [0.15, 0.2) is 38.5 Å². The summed E-state index contributed by atoms with van der Waals surface area (Å²) in [6.07, 6.45) is 7.67. The van der Waals surface area contributed by atoms with Crippen LogP contribution in [-0.4, -0.2) is 24.6 Å². The van der Waals surface area contributed by atoms with Crippen LogP contribution < -0.4 is 10.7 Å². The Bertz CT molecular complexity index is 639. The van der Waals surface area contributed by atoms with E-state index in [0.29, 0.717) is 17.2 Å². The minimum atomic E-state index is -0.375. The average Bonchev–Trinajstić information content (AvgIpc) is 3.13. The fraction of sp³-hybridized carbons (Fsp3) is 0.400. The molecule has 3 aliphatic rings. The van der Waals surface area contributed by atoms with E-state index in [1.807, 2.05) is 6.08 Å². The van der Waals surface area contributed by atoms with Crippen LogP contribution in [0.25, 0.3) is 0 Å². The zero-order valence-corrected chi connectivity index (χ0v) is 13.3. The molecule has 0 aromatic heterocycles. The molecule has 0 spiro atoms. The van der Waals surface area contributed by atoms with Crippen molar-refractivity contribution in [1.29, 1.82) is 0 Å². The van der Waals surface area contributed by atoms with Crippen molar-refractivity contribution in [1.82, 2.24) is 10.7 Å². The van der Waals surface area contributed by atoms with E-state index in [1.54, 1.807) is 6.08 Å². The summed E-state index contributed by atoms with van der Waals surface area (Å²) in [4.78, 5) is 23.8. The Labute approximate surface area is 131 Å². The second kappa shape index (κ2) is 5.60. The van der Waals surface area contributed by atoms with Gasteiger partial charge in [0.2, 0.25) is 0 Å². The van der Waals surface area contributed by atoms with Gasteiger partial charge in [-0.15, -0.1) is 0 Å². The number of urea groups is 1. The Balaban J connectivity index is 1.89. The van der Waals surface area contributed by atoms with Gasteiger partial charge in [-0.3, -0.25) is 4.79 Å². The monoisotopic (exact) mass is 349 g/mol. The van der Waals surface area contributed by atoms with Gasteiger partial charge in [0.1, 0.15) is 0 Å². The molecular weight excluding hydrogens is 334 g/mol. The van der Waals surface area contributed by atoms with Crippen LogP contribution in [0, 0.1) is 5.92 Å². The van der Waals surface area contributed by atoms with Gasteiger partial charge >= 0.3 is 6.03 Å². The van der Waals surface area contributed by atoms with E-state index >= 15 is 0 Å². The highest BCUT2D eigenvalue weighted by molar-refractivity contribution is 9.12. The second-order valence-corrected chi connectivity index (χ2v) is 6.36. The number of carbonyl (C=O) groups is 2. The molecule has 1 saturated carbocycles. The van der Waals surface area contributed by atoms with Crippen molar-refractivity contribution in [3.05, 3.63) is 33.4 Å². The van der Waals surface area contributed by atoms with Gasteiger partial charge < -0.3 is 5.32 Å². The molecule has 6 heteroatoms. The van der Waals surface area contributed by atoms with Crippen molar-refractivity contribution < 1.29 is 9.59 Å². The van der Waals surface area contributed by atoms with Crippen LogP contribution in [0.1, 0.15) is 25.7 Å². The lowest BCUT2D eigenvalue weighted by atomic mass is 9.74. The third-order valence-corrected chi connectivity index (χ3v) is 4.78. The number of allylic oxidation sites excluding steroid dienone is 6. The van der Waals surface area contributed by atoms with Gasteiger partial charge in [0.25, 0.3) is 0 Å². The summed E-state index contributed by atoms with van der Waals surface area (Å²) < 4.78 is 1.08. The van der Waals surface area contributed by atoms with Gasteiger partial charge in [-0.1, -0.05) is 22.4 Å². The third-order valence-electron chi connectivity index (χ3n) is 4.02. The van der Waals surface area contributed by atoms with Crippen molar-refractivity contribution in [2.24, 2.45) is 11.0 Å². The van der Waals surface area contributed by atoms with Crippen molar-refractivity contribution in [3.63, 3.8) is 0 Å². The summed E-state index contributed by atoms with van der Waals surface area (Å²) in [6, 6.07) is -0.375. The highest BCUT2D eigenvalue weighted by Gasteiger charge is 2.35. The maximum atomic E-state index is 12.6. The molecule has 5 nitrogen and oxygen atoms in total. The lowest BCUT2D eigenvalue weighted by Gasteiger charge is -2.29. The molecule has 3 rings (SSSR count). The Morgan fingerprint density at radius 2 is 2.10 bits per heavy atom. The highest BCUT2D eigenvalue weighted by Crippen LogP contribution is 2.45. The fourth-order valence-corrected chi connectivity index (χ4v) is 2.96. The molecule has 0 bridgehead atoms. The minimum Gasteiger partial charge on any atom is -0.340 e. The number of rotatable bonds is 3.